The molecule has 0 amide bonds. The molecule has 6 heteroatoms. The third-order valence-corrected chi connectivity index (χ3v) is 3.49. The van der Waals surface area contributed by atoms with E-state index in [1.54, 1.807) is 12.4 Å². The van der Waals surface area contributed by atoms with Crippen molar-refractivity contribution < 1.29 is 0 Å². The first-order chi connectivity index (χ1) is 10.4. The minimum absolute atomic E-state index is 0.625. The minimum Gasteiger partial charge on any atom is -0.266 e. The highest BCUT2D eigenvalue weighted by atomic mass is 32.1. The SMILES string of the molecule is C(=C\c1ccccc1)/C=N/c1nnc(Cn2cccn2)s1. The number of hydrogen-bond acceptors (Lipinski definition) is 5. The van der Waals surface area contributed by atoms with Gasteiger partial charge < -0.3 is 0 Å². The van der Waals surface area contributed by atoms with E-state index in [0.29, 0.717) is 11.7 Å². The second-order valence-corrected chi connectivity index (χ2v) is 5.27. The molecule has 5 nitrogen and oxygen atoms in total. The van der Waals surface area contributed by atoms with E-state index in [-0.39, 0.29) is 0 Å². The minimum atomic E-state index is 0.625. The average molecular weight is 295 g/mol. The summed E-state index contributed by atoms with van der Waals surface area (Å²) in [6, 6.07) is 12.0. The molecule has 0 saturated heterocycles. The van der Waals surface area contributed by atoms with E-state index in [0.717, 1.165) is 10.6 Å². The molecule has 3 aromatic rings. The summed E-state index contributed by atoms with van der Waals surface area (Å²) in [5.74, 6) is 0. The highest BCUT2D eigenvalue weighted by Crippen LogP contribution is 2.18. The Labute approximate surface area is 126 Å². The van der Waals surface area contributed by atoms with Gasteiger partial charge in [-0.25, -0.2) is 4.99 Å². The van der Waals surface area contributed by atoms with Gasteiger partial charge in [0.2, 0.25) is 5.13 Å². The number of hydrogen-bond donors (Lipinski definition) is 0. The molecule has 0 radical (unpaired) electrons. The molecule has 3 rings (SSSR count). The second kappa shape index (κ2) is 6.71. The summed E-state index contributed by atoms with van der Waals surface area (Å²) in [7, 11) is 0. The maximum Gasteiger partial charge on any atom is 0.231 e. The molecule has 0 saturated carbocycles. The first-order valence-corrected chi connectivity index (χ1v) is 7.27. The van der Waals surface area contributed by atoms with Gasteiger partial charge in [-0.15, -0.1) is 10.2 Å². The van der Waals surface area contributed by atoms with Crippen LogP contribution in [0.4, 0.5) is 5.13 Å². The molecule has 0 unspecified atom stereocenters. The van der Waals surface area contributed by atoms with Crippen molar-refractivity contribution in [3.8, 4) is 0 Å². The molecule has 2 heterocycles. The van der Waals surface area contributed by atoms with E-state index in [9.17, 15) is 0 Å². The van der Waals surface area contributed by atoms with Crippen LogP contribution in [-0.4, -0.2) is 26.2 Å². The molecule has 0 atom stereocenters. The van der Waals surface area contributed by atoms with Gasteiger partial charge in [0.25, 0.3) is 0 Å². The van der Waals surface area contributed by atoms with Crippen molar-refractivity contribution in [2.45, 2.75) is 6.54 Å². The lowest BCUT2D eigenvalue weighted by Crippen LogP contribution is -1.98. The van der Waals surface area contributed by atoms with E-state index >= 15 is 0 Å². The van der Waals surface area contributed by atoms with Crippen molar-refractivity contribution in [2.75, 3.05) is 0 Å². The first-order valence-electron chi connectivity index (χ1n) is 6.46. The molecule has 0 aliphatic carbocycles. The van der Waals surface area contributed by atoms with E-state index in [1.807, 2.05) is 59.4 Å². The van der Waals surface area contributed by atoms with Crippen LogP contribution in [0.1, 0.15) is 10.6 Å². The summed E-state index contributed by atoms with van der Waals surface area (Å²) >= 11 is 1.46. The van der Waals surface area contributed by atoms with Crippen molar-refractivity contribution in [3.63, 3.8) is 0 Å². The van der Waals surface area contributed by atoms with Crippen molar-refractivity contribution in [1.29, 1.82) is 0 Å². The van der Waals surface area contributed by atoms with Gasteiger partial charge in [-0.1, -0.05) is 47.7 Å². The molecule has 0 spiro atoms. The van der Waals surface area contributed by atoms with E-state index in [1.165, 1.54) is 11.3 Å². The Morgan fingerprint density at radius 1 is 1.14 bits per heavy atom. The number of rotatable bonds is 5. The van der Waals surface area contributed by atoms with Crippen molar-refractivity contribution in [2.24, 2.45) is 4.99 Å². The van der Waals surface area contributed by atoms with E-state index in [4.69, 9.17) is 0 Å². The van der Waals surface area contributed by atoms with Crippen LogP contribution in [0.3, 0.4) is 0 Å². The van der Waals surface area contributed by atoms with Gasteiger partial charge in [0, 0.05) is 18.6 Å². The maximum atomic E-state index is 4.27. The van der Waals surface area contributed by atoms with Crippen LogP contribution in [0.25, 0.3) is 6.08 Å². The third-order valence-electron chi connectivity index (χ3n) is 2.67. The summed E-state index contributed by atoms with van der Waals surface area (Å²) in [4.78, 5) is 4.27. The summed E-state index contributed by atoms with van der Waals surface area (Å²) in [5, 5.41) is 13.8. The fourth-order valence-corrected chi connectivity index (χ4v) is 2.40. The van der Waals surface area contributed by atoms with Gasteiger partial charge in [-0.2, -0.15) is 5.10 Å². The molecular formula is C15H13N5S. The summed E-state index contributed by atoms with van der Waals surface area (Å²) in [5.41, 5.74) is 1.14. The van der Waals surface area contributed by atoms with Crippen LogP contribution in [0.5, 0.6) is 0 Å². The fraction of sp³-hybridized carbons (Fsp3) is 0.0667. The molecule has 0 N–H and O–H groups in total. The summed E-state index contributed by atoms with van der Waals surface area (Å²) < 4.78 is 1.81. The number of benzene rings is 1. The zero-order valence-electron chi connectivity index (χ0n) is 11.2. The Kier molecular flexibility index (Phi) is 4.28. The average Bonchev–Trinajstić information content (AvgIpc) is 3.17. The predicted molar refractivity (Wildman–Crippen MR) is 84.9 cm³/mol. The molecule has 104 valence electrons. The van der Waals surface area contributed by atoms with E-state index < -0.39 is 0 Å². The summed E-state index contributed by atoms with van der Waals surface area (Å²) in [6.07, 6.45) is 9.26. The largest absolute Gasteiger partial charge is 0.266 e. The lowest BCUT2D eigenvalue weighted by atomic mass is 10.2. The zero-order chi connectivity index (χ0) is 14.3. The zero-order valence-corrected chi connectivity index (χ0v) is 12.0. The van der Waals surface area contributed by atoms with Gasteiger partial charge in [-0.3, -0.25) is 4.68 Å². The Morgan fingerprint density at radius 2 is 2.05 bits per heavy atom. The Morgan fingerprint density at radius 3 is 2.86 bits per heavy atom. The molecule has 0 aliphatic rings. The van der Waals surface area contributed by atoms with Crippen LogP contribution in [0.2, 0.25) is 0 Å². The van der Waals surface area contributed by atoms with Crippen LogP contribution in [0.15, 0.2) is 59.9 Å². The van der Waals surface area contributed by atoms with Gasteiger partial charge in [0.05, 0.1) is 6.54 Å². The third kappa shape index (κ3) is 3.93. The maximum absolute atomic E-state index is 4.27. The van der Waals surface area contributed by atoms with Crippen LogP contribution >= 0.6 is 11.3 Å². The van der Waals surface area contributed by atoms with Crippen LogP contribution < -0.4 is 0 Å². The Hall–Kier alpha value is -2.60. The number of nitrogens with zero attached hydrogens (tertiary/aromatic N) is 5. The van der Waals surface area contributed by atoms with Crippen LogP contribution in [0, 0.1) is 0 Å². The molecule has 2 aromatic heterocycles. The lowest BCUT2D eigenvalue weighted by Gasteiger charge is -1.93. The normalized spacial score (nSPS) is 11.6. The van der Waals surface area contributed by atoms with Crippen molar-refractivity contribution in [1.82, 2.24) is 20.0 Å². The number of aromatic nitrogens is 4. The van der Waals surface area contributed by atoms with Gasteiger partial charge in [0.15, 0.2) is 0 Å². The molecular weight excluding hydrogens is 282 g/mol. The van der Waals surface area contributed by atoms with Gasteiger partial charge in [0.1, 0.15) is 5.01 Å². The molecule has 0 fully saturated rings. The molecule has 0 aliphatic heterocycles. The monoisotopic (exact) mass is 295 g/mol. The predicted octanol–water partition coefficient (Wildman–Crippen LogP) is 3.20. The fourth-order valence-electron chi connectivity index (χ4n) is 1.72. The van der Waals surface area contributed by atoms with E-state index in [2.05, 4.69) is 20.3 Å². The lowest BCUT2D eigenvalue weighted by molar-refractivity contribution is 0.677. The molecule has 1 aromatic carbocycles. The van der Waals surface area contributed by atoms with Crippen molar-refractivity contribution >= 4 is 28.8 Å². The summed E-state index contributed by atoms with van der Waals surface area (Å²) in [6.45, 7) is 0.625. The highest BCUT2D eigenvalue weighted by molar-refractivity contribution is 7.14. The second-order valence-electron chi connectivity index (χ2n) is 4.23. The number of aliphatic imine (C=N–C) groups is 1. The molecule has 21 heavy (non-hydrogen) atoms. The number of allylic oxidation sites excluding steroid dienone is 1. The smallest absolute Gasteiger partial charge is 0.231 e. The first kappa shape index (κ1) is 13.4. The highest BCUT2D eigenvalue weighted by Gasteiger charge is 2.02. The van der Waals surface area contributed by atoms with Gasteiger partial charge in [-0.05, 0) is 17.7 Å². The van der Waals surface area contributed by atoms with Crippen LogP contribution in [-0.2, 0) is 6.54 Å². The standard InChI is InChI=1S/C15H13N5S/c1-2-6-13(7-3-1)8-4-9-16-15-19-18-14(21-15)12-20-11-5-10-17-20/h1-11H,12H2/b8-4+,16-9+. The van der Waals surface area contributed by atoms with Crippen molar-refractivity contribution in [3.05, 3.63) is 65.4 Å². The molecule has 0 bridgehead atoms. The quantitative estimate of drug-likeness (QED) is 0.679. The Bertz CT molecular complexity index is 729. The van der Waals surface area contributed by atoms with Gasteiger partial charge >= 0.3 is 0 Å². The Balaban J connectivity index is 1.59. The topological polar surface area (TPSA) is 56.0 Å².